The summed E-state index contributed by atoms with van der Waals surface area (Å²) in [7, 11) is 0. The van der Waals surface area contributed by atoms with Crippen LogP contribution in [0.15, 0.2) is 6.20 Å². The van der Waals surface area contributed by atoms with Gasteiger partial charge in [-0.2, -0.15) is 0 Å². The van der Waals surface area contributed by atoms with Crippen LogP contribution in [0.1, 0.15) is 26.4 Å². The molecule has 0 saturated carbocycles. The van der Waals surface area contributed by atoms with Gasteiger partial charge < -0.3 is 15.3 Å². The molecule has 1 aromatic heterocycles. The van der Waals surface area contributed by atoms with Gasteiger partial charge >= 0.3 is 11.9 Å². The Labute approximate surface area is 78.5 Å². The van der Waals surface area contributed by atoms with Gasteiger partial charge in [0.2, 0.25) is 0 Å². The molecule has 1 heterocycles. The molecule has 0 aliphatic heterocycles. The fourth-order valence-electron chi connectivity index (χ4n) is 1.07. The molecule has 0 spiro atoms. The van der Waals surface area contributed by atoms with E-state index < -0.39 is 28.8 Å². The highest BCUT2D eigenvalue weighted by atomic mass is 16.4. The topological polar surface area (TPSA) is 108 Å². The van der Waals surface area contributed by atoms with Gasteiger partial charge in [-0.15, -0.1) is 0 Å². The van der Waals surface area contributed by atoms with Crippen molar-refractivity contribution in [3.05, 3.63) is 23.0 Å². The molecule has 0 bridgehead atoms. The number of aromatic hydroxyl groups is 1. The van der Waals surface area contributed by atoms with Crippen molar-refractivity contribution in [2.24, 2.45) is 0 Å². The summed E-state index contributed by atoms with van der Waals surface area (Å²) in [5.74, 6) is -3.57. The highest BCUT2D eigenvalue weighted by Crippen LogP contribution is 2.22. The second-order valence-corrected chi connectivity index (χ2v) is 2.59. The molecule has 1 rings (SSSR count). The van der Waals surface area contributed by atoms with Gasteiger partial charge in [0.05, 0.1) is 17.5 Å². The summed E-state index contributed by atoms with van der Waals surface area (Å²) < 4.78 is 0. The Morgan fingerprint density at radius 2 is 1.71 bits per heavy atom. The van der Waals surface area contributed by atoms with Crippen LogP contribution in [0.3, 0.4) is 0 Å². The molecule has 0 aromatic carbocycles. The highest BCUT2D eigenvalue weighted by molar-refractivity contribution is 6.04. The van der Waals surface area contributed by atoms with Crippen molar-refractivity contribution in [2.75, 3.05) is 0 Å². The van der Waals surface area contributed by atoms with Crippen LogP contribution in [-0.4, -0.2) is 32.2 Å². The van der Waals surface area contributed by atoms with Crippen molar-refractivity contribution < 1.29 is 24.9 Å². The summed E-state index contributed by atoms with van der Waals surface area (Å²) in [6, 6.07) is 0. The molecule has 0 aliphatic rings. The van der Waals surface area contributed by atoms with Crippen LogP contribution in [0.2, 0.25) is 0 Å². The molecule has 0 aliphatic carbocycles. The number of pyridine rings is 1. The van der Waals surface area contributed by atoms with E-state index in [9.17, 15) is 9.59 Å². The third-order valence-corrected chi connectivity index (χ3v) is 1.68. The largest absolute Gasteiger partial charge is 0.505 e. The average molecular weight is 197 g/mol. The molecule has 1 aromatic rings. The minimum Gasteiger partial charge on any atom is -0.505 e. The number of aromatic carboxylic acids is 2. The number of carboxylic acids is 2. The maximum atomic E-state index is 10.7. The molecule has 0 unspecified atom stereocenters. The molecule has 0 atom stereocenters. The summed E-state index contributed by atoms with van der Waals surface area (Å²) in [5.41, 5.74) is -1.07. The fraction of sp³-hybridized carbons (Fsp3) is 0.125. The number of aromatic nitrogens is 1. The number of aryl methyl sites for hydroxylation is 1. The molecular formula is C8H7NO5. The van der Waals surface area contributed by atoms with Crippen LogP contribution in [0.4, 0.5) is 0 Å². The van der Waals surface area contributed by atoms with Crippen LogP contribution in [0.25, 0.3) is 0 Å². The van der Waals surface area contributed by atoms with Gasteiger partial charge in [-0.25, -0.2) is 9.59 Å². The molecule has 6 nitrogen and oxygen atoms in total. The Balaban J connectivity index is 3.58. The van der Waals surface area contributed by atoms with Gasteiger partial charge in [-0.1, -0.05) is 0 Å². The molecular weight excluding hydrogens is 190 g/mol. The summed E-state index contributed by atoms with van der Waals surface area (Å²) in [5, 5.41) is 26.5. The van der Waals surface area contributed by atoms with Gasteiger partial charge in [0.25, 0.3) is 0 Å². The van der Waals surface area contributed by atoms with E-state index in [0.29, 0.717) is 0 Å². The zero-order chi connectivity index (χ0) is 10.9. The lowest BCUT2D eigenvalue weighted by Gasteiger charge is -2.05. The van der Waals surface area contributed by atoms with Crippen molar-refractivity contribution >= 4 is 11.9 Å². The van der Waals surface area contributed by atoms with Gasteiger partial charge in [0.1, 0.15) is 11.3 Å². The SMILES string of the molecule is Cc1ncc(O)c(C(=O)O)c1C(=O)O. The zero-order valence-electron chi connectivity index (χ0n) is 7.18. The molecule has 0 fully saturated rings. The zero-order valence-corrected chi connectivity index (χ0v) is 7.18. The molecule has 0 amide bonds. The fourth-order valence-corrected chi connectivity index (χ4v) is 1.07. The predicted octanol–water partition coefficient (Wildman–Crippen LogP) is 0.492. The van der Waals surface area contributed by atoms with Gasteiger partial charge in [-0.05, 0) is 6.92 Å². The molecule has 14 heavy (non-hydrogen) atoms. The van der Waals surface area contributed by atoms with Crippen LogP contribution in [-0.2, 0) is 0 Å². The Kier molecular flexibility index (Phi) is 2.37. The number of hydrogen-bond acceptors (Lipinski definition) is 4. The standard InChI is InChI=1S/C8H7NO5/c1-3-5(7(11)12)6(8(13)14)4(10)2-9-3/h2,10H,1H3,(H,11,12)(H,13,14). The summed E-state index contributed by atoms with van der Waals surface area (Å²) >= 11 is 0. The molecule has 74 valence electrons. The third kappa shape index (κ3) is 1.49. The summed E-state index contributed by atoms with van der Waals surface area (Å²) in [6.45, 7) is 1.36. The first-order chi connectivity index (χ1) is 6.45. The second kappa shape index (κ2) is 3.33. The minimum absolute atomic E-state index is 0.0488. The molecule has 6 heteroatoms. The molecule has 0 radical (unpaired) electrons. The van der Waals surface area contributed by atoms with Crippen molar-refractivity contribution in [3.63, 3.8) is 0 Å². The van der Waals surface area contributed by atoms with E-state index >= 15 is 0 Å². The van der Waals surface area contributed by atoms with E-state index in [1.54, 1.807) is 0 Å². The Morgan fingerprint density at radius 1 is 1.21 bits per heavy atom. The molecule has 0 saturated heterocycles. The monoisotopic (exact) mass is 197 g/mol. The first-order valence-corrected chi connectivity index (χ1v) is 3.60. The van der Waals surface area contributed by atoms with Crippen LogP contribution < -0.4 is 0 Å². The van der Waals surface area contributed by atoms with E-state index in [-0.39, 0.29) is 5.69 Å². The Bertz CT molecular complexity index is 373. The number of hydrogen-bond donors (Lipinski definition) is 3. The van der Waals surface area contributed by atoms with E-state index in [4.69, 9.17) is 15.3 Å². The van der Waals surface area contributed by atoms with E-state index in [1.807, 2.05) is 0 Å². The van der Waals surface area contributed by atoms with Crippen molar-refractivity contribution in [1.29, 1.82) is 0 Å². The van der Waals surface area contributed by atoms with E-state index in [2.05, 4.69) is 4.98 Å². The number of nitrogens with zero attached hydrogens (tertiary/aromatic N) is 1. The maximum Gasteiger partial charge on any atom is 0.340 e. The van der Waals surface area contributed by atoms with Crippen LogP contribution in [0.5, 0.6) is 5.75 Å². The van der Waals surface area contributed by atoms with E-state index in [1.165, 1.54) is 6.92 Å². The summed E-state index contributed by atoms with van der Waals surface area (Å²) in [6.07, 6.45) is 0.908. The first kappa shape index (κ1) is 9.97. The van der Waals surface area contributed by atoms with Gasteiger partial charge in [0, 0.05) is 0 Å². The van der Waals surface area contributed by atoms with E-state index in [0.717, 1.165) is 6.20 Å². The van der Waals surface area contributed by atoms with Gasteiger partial charge in [-0.3, -0.25) is 4.98 Å². The van der Waals surface area contributed by atoms with Crippen molar-refractivity contribution in [3.8, 4) is 5.75 Å². The lowest BCUT2D eigenvalue weighted by Crippen LogP contribution is -2.11. The Hall–Kier alpha value is -2.11. The van der Waals surface area contributed by atoms with Gasteiger partial charge in [0.15, 0.2) is 0 Å². The van der Waals surface area contributed by atoms with Crippen LogP contribution >= 0.6 is 0 Å². The lowest BCUT2D eigenvalue weighted by atomic mass is 10.1. The lowest BCUT2D eigenvalue weighted by molar-refractivity contribution is 0.0647. The first-order valence-electron chi connectivity index (χ1n) is 3.60. The average Bonchev–Trinajstić information content (AvgIpc) is 2.07. The van der Waals surface area contributed by atoms with Crippen molar-refractivity contribution in [2.45, 2.75) is 6.92 Å². The normalized spacial score (nSPS) is 9.79. The smallest absolute Gasteiger partial charge is 0.340 e. The third-order valence-electron chi connectivity index (χ3n) is 1.68. The number of rotatable bonds is 2. The Morgan fingerprint density at radius 3 is 2.07 bits per heavy atom. The summed E-state index contributed by atoms with van der Waals surface area (Å²) in [4.78, 5) is 24.9. The highest BCUT2D eigenvalue weighted by Gasteiger charge is 2.23. The maximum absolute atomic E-state index is 10.7. The molecule has 3 N–H and O–H groups in total. The second-order valence-electron chi connectivity index (χ2n) is 2.59. The number of carboxylic acid groups (broad SMARTS) is 2. The van der Waals surface area contributed by atoms with Crippen LogP contribution in [0, 0.1) is 6.92 Å². The van der Waals surface area contributed by atoms with Crippen molar-refractivity contribution in [1.82, 2.24) is 4.98 Å². The quantitative estimate of drug-likeness (QED) is 0.636. The predicted molar refractivity (Wildman–Crippen MR) is 44.6 cm³/mol. The number of carbonyl (C=O) groups is 2. The minimum atomic E-state index is -1.49.